The van der Waals surface area contributed by atoms with Crippen molar-refractivity contribution in [1.29, 1.82) is 0 Å². The van der Waals surface area contributed by atoms with Gasteiger partial charge in [-0.3, -0.25) is 9.59 Å². The molecule has 1 heterocycles. The van der Waals surface area contributed by atoms with Crippen LogP contribution in [0.3, 0.4) is 0 Å². The highest BCUT2D eigenvalue weighted by atomic mass is 32.1. The Balaban J connectivity index is 0.00000289. The van der Waals surface area contributed by atoms with Crippen molar-refractivity contribution in [3.05, 3.63) is 21.9 Å². The highest BCUT2D eigenvalue weighted by molar-refractivity contribution is 7.15. The molecule has 102 valence electrons. The lowest BCUT2D eigenvalue weighted by atomic mass is 10.3. The number of rotatable bonds is 4. The van der Waals surface area contributed by atoms with Crippen LogP contribution in [0.5, 0.6) is 0 Å². The predicted octanol–water partition coefficient (Wildman–Crippen LogP) is 2.66. The van der Waals surface area contributed by atoms with Crippen LogP contribution in [0.2, 0.25) is 0 Å². The lowest BCUT2D eigenvalue weighted by molar-refractivity contribution is 0.0940. The molecule has 18 heavy (non-hydrogen) atoms. The number of hydrogen-bond donors (Lipinski definition) is 2. The van der Waals surface area contributed by atoms with Gasteiger partial charge in [-0.1, -0.05) is 7.43 Å². The maximum Gasteiger partial charge on any atom is 0.261 e. The Morgan fingerprint density at radius 1 is 0.944 bits per heavy atom. The van der Waals surface area contributed by atoms with Crippen LogP contribution in [0.4, 0.5) is 0 Å². The van der Waals surface area contributed by atoms with Crippen LogP contribution in [0.15, 0.2) is 12.1 Å². The Kier molecular flexibility index (Phi) is 6.62. The average molecular weight is 270 g/mol. The van der Waals surface area contributed by atoms with E-state index in [4.69, 9.17) is 0 Å². The van der Waals surface area contributed by atoms with Crippen molar-refractivity contribution in [3.8, 4) is 0 Å². The summed E-state index contributed by atoms with van der Waals surface area (Å²) in [5.41, 5.74) is 0. The van der Waals surface area contributed by atoms with E-state index >= 15 is 0 Å². The number of carbonyl (C=O) groups is 2. The molecule has 2 amide bonds. The molecule has 0 bridgehead atoms. The van der Waals surface area contributed by atoms with Crippen molar-refractivity contribution in [2.24, 2.45) is 0 Å². The number of nitrogens with one attached hydrogen (secondary N) is 2. The van der Waals surface area contributed by atoms with Crippen LogP contribution in [0, 0.1) is 0 Å². The van der Waals surface area contributed by atoms with Gasteiger partial charge in [0.1, 0.15) is 0 Å². The Morgan fingerprint density at radius 2 is 1.28 bits per heavy atom. The van der Waals surface area contributed by atoms with E-state index in [2.05, 4.69) is 10.6 Å². The summed E-state index contributed by atoms with van der Waals surface area (Å²) in [6.07, 6.45) is 0. The van der Waals surface area contributed by atoms with Gasteiger partial charge in [-0.15, -0.1) is 11.3 Å². The first-order valence-electron chi connectivity index (χ1n) is 5.61. The Labute approximate surface area is 113 Å². The molecule has 2 N–H and O–H groups in total. The molecule has 1 aromatic heterocycles. The van der Waals surface area contributed by atoms with Gasteiger partial charge >= 0.3 is 0 Å². The maximum absolute atomic E-state index is 11.7. The van der Waals surface area contributed by atoms with E-state index in [1.807, 2.05) is 27.7 Å². The van der Waals surface area contributed by atoms with Crippen molar-refractivity contribution < 1.29 is 9.59 Å². The predicted molar refractivity (Wildman–Crippen MR) is 76.3 cm³/mol. The fourth-order valence-corrected chi connectivity index (χ4v) is 2.06. The summed E-state index contributed by atoms with van der Waals surface area (Å²) in [5, 5.41) is 5.58. The first kappa shape index (κ1) is 16.6. The van der Waals surface area contributed by atoms with Gasteiger partial charge in [-0.05, 0) is 39.8 Å². The van der Waals surface area contributed by atoms with E-state index < -0.39 is 0 Å². The highest BCUT2D eigenvalue weighted by Crippen LogP contribution is 2.16. The summed E-state index contributed by atoms with van der Waals surface area (Å²) in [6, 6.07) is 3.55. The third-order valence-corrected chi connectivity index (χ3v) is 2.98. The zero-order valence-corrected chi connectivity index (χ0v) is 11.4. The second-order valence-corrected chi connectivity index (χ2v) is 5.50. The van der Waals surface area contributed by atoms with Crippen LogP contribution in [0.1, 0.15) is 54.5 Å². The maximum atomic E-state index is 11.7. The van der Waals surface area contributed by atoms with Gasteiger partial charge in [-0.2, -0.15) is 0 Å². The first-order valence-corrected chi connectivity index (χ1v) is 6.43. The van der Waals surface area contributed by atoms with Crippen molar-refractivity contribution in [1.82, 2.24) is 10.6 Å². The molecule has 0 aliphatic rings. The van der Waals surface area contributed by atoms with Crippen LogP contribution < -0.4 is 10.6 Å². The summed E-state index contributed by atoms with van der Waals surface area (Å²) in [6.45, 7) is 7.60. The zero-order valence-electron chi connectivity index (χ0n) is 10.5. The Morgan fingerprint density at radius 3 is 1.56 bits per heavy atom. The fourth-order valence-electron chi connectivity index (χ4n) is 1.25. The van der Waals surface area contributed by atoms with E-state index in [0.29, 0.717) is 9.75 Å². The minimum Gasteiger partial charge on any atom is -0.349 e. The van der Waals surface area contributed by atoms with Gasteiger partial charge in [-0.25, -0.2) is 0 Å². The van der Waals surface area contributed by atoms with Gasteiger partial charge < -0.3 is 10.6 Å². The summed E-state index contributed by atoms with van der Waals surface area (Å²) < 4.78 is 0. The highest BCUT2D eigenvalue weighted by Gasteiger charge is 2.14. The molecule has 0 fully saturated rings. The van der Waals surface area contributed by atoms with E-state index in [0.717, 1.165) is 0 Å². The molecular formula is C13H22N2O2S. The monoisotopic (exact) mass is 270 g/mol. The number of amides is 2. The number of hydrogen-bond acceptors (Lipinski definition) is 3. The second kappa shape index (κ2) is 7.16. The molecule has 0 spiro atoms. The first-order chi connectivity index (χ1) is 7.90. The molecule has 5 heteroatoms. The van der Waals surface area contributed by atoms with Crippen LogP contribution in [-0.2, 0) is 0 Å². The lowest BCUT2D eigenvalue weighted by Gasteiger charge is -2.06. The molecule has 0 unspecified atom stereocenters. The molecule has 0 aliphatic carbocycles. The molecule has 0 aromatic carbocycles. The number of thiophene rings is 1. The topological polar surface area (TPSA) is 58.2 Å². The minimum atomic E-state index is -0.131. The Bertz CT molecular complexity index is 374. The second-order valence-electron chi connectivity index (χ2n) is 4.42. The molecular weight excluding hydrogens is 248 g/mol. The Hall–Kier alpha value is -1.36. The smallest absolute Gasteiger partial charge is 0.261 e. The van der Waals surface area contributed by atoms with Crippen molar-refractivity contribution in [2.75, 3.05) is 0 Å². The van der Waals surface area contributed by atoms with Gasteiger partial charge in [0, 0.05) is 12.1 Å². The molecule has 4 nitrogen and oxygen atoms in total. The van der Waals surface area contributed by atoms with E-state index in [-0.39, 0.29) is 31.3 Å². The van der Waals surface area contributed by atoms with Crippen LogP contribution >= 0.6 is 11.3 Å². The standard InChI is InChI=1S/C12H18N2O2S.CH4/c1-7(2)13-11(15)9-5-6-10(17-9)12(16)14-8(3)4;/h5-8H,1-4H3,(H,13,15)(H,14,16);1H4. The molecule has 0 aliphatic heterocycles. The fraction of sp³-hybridized carbons (Fsp3) is 0.538. The number of carbonyl (C=O) groups excluding carboxylic acids is 2. The zero-order chi connectivity index (χ0) is 13.0. The molecule has 0 saturated carbocycles. The third kappa shape index (κ3) is 4.87. The summed E-state index contributed by atoms with van der Waals surface area (Å²) in [5.74, 6) is -0.262. The van der Waals surface area contributed by atoms with E-state index in [1.165, 1.54) is 11.3 Å². The summed E-state index contributed by atoms with van der Waals surface area (Å²) in [7, 11) is 0. The molecule has 0 saturated heterocycles. The van der Waals surface area contributed by atoms with Gasteiger partial charge in [0.25, 0.3) is 11.8 Å². The van der Waals surface area contributed by atoms with Crippen LogP contribution in [0.25, 0.3) is 0 Å². The summed E-state index contributed by atoms with van der Waals surface area (Å²) >= 11 is 1.21. The largest absolute Gasteiger partial charge is 0.349 e. The molecule has 1 rings (SSSR count). The van der Waals surface area contributed by atoms with Crippen molar-refractivity contribution in [2.45, 2.75) is 47.2 Å². The van der Waals surface area contributed by atoms with E-state index in [9.17, 15) is 9.59 Å². The molecule has 1 aromatic rings. The normalized spacial score (nSPS) is 10.1. The van der Waals surface area contributed by atoms with E-state index in [1.54, 1.807) is 12.1 Å². The minimum absolute atomic E-state index is 0. The third-order valence-electron chi connectivity index (χ3n) is 1.89. The van der Waals surface area contributed by atoms with Crippen LogP contribution in [-0.4, -0.2) is 23.9 Å². The quantitative estimate of drug-likeness (QED) is 0.883. The van der Waals surface area contributed by atoms with Gasteiger partial charge in [0.05, 0.1) is 9.75 Å². The van der Waals surface area contributed by atoms with Gasteiger partial charge in [0.15, 0.2) is 0 Å². The van der Waals surface area contributed by atoms with Gasteiger partial charge in [0.2, 0.25) is 0 Å². The van der Waals surface area contributed by atoms with Crippen molar-refractivity contribution in [3.63, 3.8) is 0 Å². The summed E-state index contributed by atoms with van der Waals surface area (Å²) in [4.78, 5) is 24.5. The molecule has 0 atom stereocenters. The lowest BCUT2D eigenvalue weighted by Crippen LogP contribution is -2.30. The average Bonchev–Trinajstić information content (AvgIpc) is 2.63. The van der Waals surface area contributed by atoms with Crippen molar-refractivity contribution >= 4 is 23.2 Å². The SMILES string of the molecule is C.CC(C)NC(=O)c1ccc(C(=O)NC(C)C)s1. The molecule has 0 radical (unpaired) electrons.